The number of hydrogen-bond acceptors (Lipinski definition) is 2. The summed E-state index contributed by atoms with van der Waals surface area (Å²) in [5.41, 5.74) is 0.992. The second-order valence-electron chi connectivity index (χ2n) is 7.87. The van der Waals surface area contributed by atoms with Gasteiger partial charge in [0.15, 0.2) is 0 Å². The molecule has 0 aliphatic heterocycles. The van der Waals surface area contributed by atoms with Crippen LogP contribution in [0.15, 0.2) is 42.5 Å². The molecule has 2 aliphatic rings. The minimum Gasteiger partial charge on any atom is -0.481 e. The number of carbonyl (C=O) groups excluding carboxylic acids is 1. The fraction of sp³-hybridized carbons (Fsp3) is 0.455. The molecule has 1 amide bonds. The fourth-order valence-electron chi connectivity index (χ4n) is 3.96. The van der Waals surface area contributed by atoms with E-state index in [9.17, 15) is 14.7 Å². The van der Waals surface area contributed by atoms with E-state index in [4.69, 9.17) is 0 Å². The molecule has 4 heteroatoms. The summed E-state index contributed by atoms with van der Waals surface area (Å²) in [4.78, 5) is 24.2. The van der Waals surface area contributed by atoms with Gasteiger partial charge in [-0.25, -0.2) is 0 Å². The Morgan fingerprint density at radius 2 is 1.65 bits per heavy atom. The first kappa shape index (κ1) is 17.1. The highest BCUT2D eigenvalue weighted by Crippen LogP contribution is 2.49. The second kappa shape index (κ2) is 7.10. The Bertz CT molecular complexity index is 811. The van der Waals surface area contributed by atoms with E-state index in [0.29, 0.717) is 18.3 Å². The molecule has 0 heterocycles. The van der Waals surface area contributed by atoms with Crippen LogP contribution in [0.2, 0.25) is 0 Å². The fourth-order valence-corrected chi connectivity index (χ4v) is 3.96. The lowest BCUT2D eigenvalue weighted by Gasteiger charge is -2.18. The van der Waals surface area contributed by atoms with Gasteiger partial charge in [-0.15, -0.1) is 0 Å². The van der Waals surface area contributed by atoms with E-state index in [1.165, 1.54) is 0 Å². The molecule has 1 unspecified atom stereocenters. The monoisotopic (exact) mass is 351 g/mol. The zero-order chi connectivity index (χ0) is 18.1. The average molecular weight is 351 g/mol. The standard InChI is InChI=1S/C22H25NO3/c24-21(20(16-7-8-16)17-9-10-17)23-13-19(22(25)26)12-14-5-6-15-3-1-2-4-18(15)11-14/h1-6,11,16-17,19-20H,7-10,12-13H2,(H,23,24)(H,25,26). The number of aliphatic carboxylic acids is 1. The lowest BCUT2D eigenvalue weighted by Crippen LogP contribution is -2.39. The highest BCUT2D eigenvalue weighted by atomic mass is 16.4. The first-order valence-corrected chi connectivity index (χ1v) is 9.60. The molecule has 2 N–H and O–H groups in total. The van der Waals surface area contributed by atoms with Crippen molar-refractivity contribution in [2.24, 2.45) is 23.7 Å². The molecule has 2 aromatic rings. The number of fused-ring (bicyclic) bond motifs is 1. The van der Waals surface area contributed by atoms with Crippen molar-refractivity contribution in [3.8, 4) is 0 Å². The third kappa shape index (κ3) is 3.90. The van der Waals surface area contributed by atoms with Crippen molar-refractivity contribution in [2.45, 2.75) is 32.1 Å². The van der Waals surface area contributed by atoms with Gasteiger partial charge in [0.25, 0.3) is 0 Å². The van der Waals surface area contributed by atoms with Crippen molar-refractivity contribution in [1.29, 1.82) is 0 Å². The van der Waals surface area contributed by atoms with E-state index < -0.39 is 11.9 Å². The van der Waals surface area contributed by atoms with Gasteiger partial charge in [0, 0.05) is 12.5 Å². The molecule has 4 nitrogen and oxygen atoms in total. The number of carboxylic acid groups (broad SMARTS) is 1. The Labute approximate surface area is 153 Å². The predicted molar refractivity (Wildman–Crippen MR) is 101 cm³/mol. The molecule has 2 aliphatic carbocycles. The summed E-state index contributed by atoms with van der Waals surface area (Å²) in [5, 5.41) is 14.8. The normalized spacial score (nSPS) is 18.0. The van der Waals surface area contributed by atoms with Crippen molar-refractivity contribution < 1.29 is 14.7 Å². The Morgan fingerprint density at radius 3 is 2.27 bits per heavy atom. The van der Waals surface area contributed by atoms with Gasteiger partial charge in [-0.3, -0.25) is 9.59 Å². The van der Waals surface area contributed by atoms with Gasteiger partial charge in [-0.1, -0.05) is 42.5 Å². The molecular formula is C22H25NO3. The van der Waals surface area contributed by atoms with Crippen molar-refractivity contribution in [1.82, 2.24) is 5.32 Å². The smallest absolute Gasteiger partial charge is 0.308 e. The number of nitrogens with one attached hydrogen (secondary N) is 1. The quantitative estimate of drug-likeness (QED) is 0.763. The van der Waals surface area contributed by atoms with Gasteiger partial charge in [0.1, 0.15) is 0 Å². The molecule has 1 atom stereocenters. The first-order valence-electron chi connectivity index (χ1n) is 9.60. The van der Waals surface area contributed by atoms with E-state index >= 15 is 0 Å². The SMILES string of the molecule is O=C(O)C(CNC(=O)C(C1CC1)C1CC1)Cc1ccc2ccccc2c1. The Morgan fingerprint density at radius 1 is 1.00 bits per heavy atom. The van der Waals surface area contributed by atoms with Crippen LogP contribution < -0.4 is 5.32 Å². The molecule has 0 radical (unpaired) electrons. The Kier molecular flexibility index (Phi) is 4.66. The summed E-state index contributed by atoms with van der Waals surface area (Å²) in [7, 11) is 0. The number of benzene rings is 2. The zero-order valence-electron chi connectivity index (χ0n) is 14.9. The van der Waals surface area contributed by atoms with E-state index in [0.717, 1.165) is 42.0 Å². The van der Waals surface area contributed by atoms with Gasteiger partial charge in [0.05, 0.1) is 5.92 Å². The van der Waals surface area contributed by atoms with Crippen LogP contribution in [-0.4, -0.2) is 23.5 Å². The molecule has 136 valence electrons. The summed E-state index contributed by atoms with van der Waals surface area (Å²) in [6.07, 6.45) is 5.02. The molecular weight excluding hydrogens is 326 g/mol. The maximum atomic E-state index is 12.6. The summed E-state index contributed by atoms with van der Waals surface area (Å²) < 4.78 is 0. The third-order valence-electron chi connectivity index (χ3n) is 5.73. The van der Waals surface area contributed by atoms with Gasteiger partial charge < -0.3 is 10.4 Å². The van der Waals surface area contributed by atoms with Crippen molar-refractivity contribution in [3.05, 3.63) is 48.0 Å². The molecule has 0 saturated heterocycles. The summed E-state index contributed by atoms with van der Waals surface area (Å²) in [6, 6.07) is 14.1. The minimum absolute atomic E-state index is 0.0692. The van der Waals surface area contributed by atoms with Crippen LogP contribution >= 0.6 is 0 Å². The van der Waals surface area contributed by atoms with Crippen molar-refractivity contribution in [2.75, 3.05) is 6.54 Å². The van der Waals surface area contributed by atoms with Crippen LogP contribution in [0.3, 0.4) is 0 Å². The zero-order valence-corrected chi connectivity index (χ0v) is 14.9. The number of rotatable bonds is 8. The highest BCUT2D eigenvalue weighted by Gasteiger charge is 2.45. The van der Waals surface area contributed by atoms with Gasteiger partial charge in [-0.05, 0) is 60.3 Å². The molecule has 2 fully saturated rings. The Hall–Kier alpha value is -2.36. The molecule has 2 saturated carbocycles. The molecule has 0 spiro atoms. The number of amides is 1. The summed E-state index contributed by atoms with van der Waals surface area (Å²) in [5.74, 6) is -0.200. The number of carbonyl (C=O) groups is 2. The third-order valence-corrected chi connectivity index (χ3v) is 5.73. The largest absolute Gasteiger partial charge is 0.481 e. The lowest BCUT2D eigenvalue weighted by molar-refractivity contribution is -0.141. The molecule has 26 heavy (non-hydrogen) atoms. The van der Waals surface area contributed by atoms with Gasteiger partial charge >= 0.3 is 5.97 Å². The van der Waals surface area contributed by atoms with Crippen LogP contribution in [0.4, 0.5) is 0 Å². The molecule has 2 aromatic carbocycles. The van der Waals surface area contributed by atoms with Crippen molar-refractivity contribution in [3.63, 3.8) is 0 Å². The lowest BCUT2D eigenvalue weighted by atomic mass is 9.95. The number of carboxylic acids is 1. The van der Waals surface area contributed by atoms with E-state index in [1.807, 2.05) is 42.5 Å². The van der Waals surface area contributed by atoms with Crippen LogP contribution in [0.25, 0.3) is 10.8 Å². The van der Waals surface area contributed by atoms with Gasteiger partial charge in [-0.2, -0.15) is 0 Å². The van der Waals surface area contributed by atoms with Crippen molar-refractivity contribution >= 4 is 22.6 Å². The van der Waals surface area contributed by atoms with Crippen LogP contribution in [-0.2, 0) is 16.0 Å². The molecule has 0 bridgehead atoms. The second-order valence-corrected chi connectivity index (χ2v) is 7.87. The predicted octanol–water partition coefficient (Wildman–Crippen LogP) is 3.64. The maximum Gasteiger partial charge on any atom is 0.308 e. The maximum absolute atomic E-state index is 12.6. The molecule has 0 aromatic heterocycles. The van der Waals surface area contributed by atoms with E-state index in [2.05, 4.69) is 5.32 Å². The average Bonchev–Trinajstić information content (AvgIpc) is 3.53. The minimum atomic E-state index is -0.854. The highest BCUT2D eigenvalue weighted by molar-refractivity contribution is 5.83. The van der Waals surface area contributed by atoms with Gasteiger partial charge in [0.2, 0.25) is 5.91 Å². The summed E-state index contributed by atoms with van der Waals surface area (Å²) >= 11 is 0. The van der Waals surface area contributed by atoms with Crippen LogP contribution in [0.1, 0.15) is 31.2 Å². The Balaban J connectivity index is 1.40. The van der Waals surface area contributed by atoms with Crippen LogP contribution in [0.5, 0.6) is 0 Å². The van der Waals surface area contributed by atoms with E-state index in [-0.39, 0.29) is 18.4 Å². The van der Waals surface area contributed by atoms with Crippen LogP contribution in [0, 0.1) is 23.7 Å². The number of hydrogen-bond donors (Lipinski definition) is 2. The summed E-state index contributed by atoms with van der Waals surface area (Å²) in [6.45, 7) is 0.205. The topological polar surface area (TPSA) is 66.4 Å². The first-order chi connectivity index (χ1) is 12.6. The van der Waals surface area contributed by atoms with E-state index in [1.54, 1.807) is 0 Å². The molecule has 4 rings (SSSR count).